The molecular formula is C80H65Cl2N7O. The highest BCUT2D eigenvalue weighted by molar-refractivity contribution is 6.31. The number of halogens is 2. The molecule has 0 amide bonds. The van der Waals surface area contributed by atoms with Gasteiger partial charge in [-0.3, -0.25) is 24.1 Å². The Hall–Kier alpha value is -10.5. The molecule has 10 heteroatoms. The van der Waals surface area contributed by atoms with Crippen LogP contribution in [-0.4, -0.2) is 47.3 Å². The number of benzene rings is 9. The number of nitrogens with zero attached hydrogens (tertiary/aromatic N) is 7. The monoisotopic (exact) mass is 1210 g/mol. The van der Waals surface area contributed by atoms with Gasteiger partial charge in [-0.25, -0.2) is 0 Å². The maximum atomic E-state index is 13.0. The number of carbonyl (C=O) groups is 1. The van der Waals surface area contributed by atoms with Gasteiger partial charge >= 0.3 is 0 Å². The van der Waals surface area contributed by atoms with Gasteiger partial charge in [-0.1, -0.05) is 254 Å². The van der Waals surface area contributed by atoms with Crippen molar-refractivity contribution in [2.45, 2.75) is 37.9 Å². The van der Waals surface area contributed by atoms with Gasteiger partial charge in [-0.05, 0) is 120 Å². The molecule has 90 heavy (non-hydrogen) atoms. The second kappa shape index (κ2) is 26.8. The number of rotatable bonds is 17. The Morgan fingerprint density at radius 2 is 0.722 bits per heavy atom. The molecule has 0 spiro atoms. The van der Waals surface area contributed by atoms with Crippen LogP contribution < -0.4 is 0 Å². The average molecular weight is 1210 g/mol. The Morgan fingerprint density at radius 3 is 1.06 bits per heavy atom. The minimum absolute atomic E-state index is 0.0978. The van der Waals surface area contributed by atoms with E-state index in [1.807, 2.05) is 60.3 Å². The highest BCUT2D eigenvalue weighted by atomic mass is 35.5. The molecule has 0 saturated carbocycles. The number of aryl methyl sites for hydroxylation is 2. The summed E-state index contributed by atoms with van der Waals surface area (Å²) >= 11 is 12.3. The Kier molecular flexibility index (Phi) is 17.8. The van der Waals surface area contributed by atoms with Gasteiger partial charge in [0, 0.05) is 81.5 Å². The molecule has 0 N–H and O–H groups in total. The van der Waals surface area contributed by atoms with Gasteiger partial charge < -0.3 is 4.90 Å². The Morgan fingerprint density at radius 1 is 0.411 bits per heavy atom. The van der Waals surface area contributed by atoms with Gasteiger partial charge in [-0.15, -0.1) is 0 Å². The van der Waals surface area contributed by atoms with Crippen LogP contribution in [0.25, 0.3) is 28.1 Å². The van der Waals surface area contributed by atoms with Gasteiger partial charge in [0.2, 0.25) is 0 Å². The Balaban J connectivity index is 0.000000179. The van der Waals surface area contributed by atoms with Crippen molar-refractivity contribution in [2.24, 2.45) is 0 Å². The molecule has 4 aromatic heterocycles. The quantitative estimate of drug-likeness (QED) is 0.0667. The minimum atomic E-state index is -0.711. The van der Waals surface area contributed by atoms with Crippen molar-refractivity contribution in [3.63, 3.8) is 0 Å². The minimum Gasteiger partial charge on any atom is -0.373 e. The zero-order valence-corrected chi connectivity index (χ0v) is 51.9. The summed E-state index contributed by atoms with van der Waals surface area (Å²) < 4.78 is 4.17. The summed E-state index contributed by atoms with van der Waals surface area (Å²) in [7, 11) is 2.12. The molecule has 8 nitrogen and oxygen atoms in total. The smallest absolute Gasteiger partial charge is 0.194 e. The maximum Gasteiger partial charge on any atom is 0.194 e. The highest BCUT2D eigenvalue weighted by Gasteiger charge is 2.41. The van der Waals surface area contributed by atoms with E-state index in [4.69, 9.17) is 38.4 Å². The summed E-state index contributed by atoms with van der Waals surface area (Å²) in [6.07, 6.45) is 10.0. The fraction of sp³-hybridized carbons (Fsp3) is 0.0875. The fourth-order valence-corrected chi connectivity index (χ4v) is 12.3. The molecule has 4 heterocycles. The average Bonchev–Trinajstić information content (AvgIpc) is 1.52. The molecule has 0 radical (unpaired) electrons. The van der Waals surface area contributed by atoms with Gasteiger partial charge in [-0.2, -0.15) is 10.2 Å². The summed E-state index contributed by atoms with van der Waals surface area (Å²) in [6, 6.07) is 96.7. The standard InChI is InChI=1S/C45H39ClN4.C35H26ClN3O/c1-33-42(32-50(48-33)45(38-18-10-5-11-19-38,39-20-12-6-13-21-39)40-22-14-7-15-23-40)44-29-26-37(30-47-44)43(36-24-27-41(46)28-25-36)31-49(3)34(2)35-16-8-4-9-17-35;1-25-32(33-22-19-27(23-37-33)34(40)26-17-20-31(36)21-18-26)24-39(38-25)35(28-11-5-2-6-12-28,29-13-7-3-8-14-29)30-15-9-4-10-16-30/h4-32,34H,1-3H3;2-24H,1H3/b43-31-;. The highest BCUT2D eigenvalue weighted by Crippen LogP contribution is 2.44. The SMILES string of the molecule is Cc1nn(C(c2ccccc2)(c2ccccc2)c2ccccc2)cc1-c1ccc(/C(=C\N(C)C(C)c2ccccc2)c2ccc(Cl)cc2)cn1.Cc1nn(C(c2ccccc2)(c2ccccc2)c2ccccc2)cc1-c1ccc(C(=O)c2ccc(Cl)cc2)cn1. The molecule has 0 aliphatic carbocycles. The predicted molar refractivity (Wildman–Crippen MR) is 366 cm³/mol. The lowest BCUT2D eigenvalue weighted by molar-refractivity contribution is 0.103. The molecule has 0 saturated heterocycles. The van der Waals surface area contributed by atoms with E-state index in [1.165, 1.54) is 5.56 Å². The van der Waals surface area contributed by atoms with Gasteiger partial charge in [0.05, 0.1) is 28.8 Å². The largest absolute Gasteiger partial charge is 0.373 e. The number of pyridine rings is 2. The molecule has 0 aliphatic rings. The van der Waals surface area contributed by atoms with Crippen LogP contribution in [-0.2, 0) is 11.1 Å². The van der Waals surface area contributed by atoms with E-state index >= 15 is 0 Å². The lowest BCUT2D eigenvalue weighted by Crippen LogP contribution is -2.38. The van der Waals surface area contributed by atoms with Crippen molar-refractivity contribution in [3.8, 4) is 22.5 Å². The van der Waals surface area contributed by atoms with Crippen LogP contribution in [0.5, 0.6) is 0 Å². The second-order valence-corrected chi connectivity index (χ2v) is 23.1. The lowest BCUT2D eigenvalue weighted by atomic mass is 9.77. The van der Waals surface area contributed by atoms with Crippen LogP contribution in [0.3, 0.4) is 0 Å². The predicted octanol–water partition coefficient (Wildman–Crippen LogP) is 18.8. The van der Waals surface area contributed by atoms with E-state index in [9.17, 15) is 4.79 Å². The molecule has 13 aromatic rings. The molecule has 1 atom stereocenters. The van der Waals surface area contributed by atoms with E-state index in [2.05, 4.69) is 272 Å². The molecule has 0 bridgehead atoms. The summed E-state index contributed by atoms with van der Waals surface area (Å²) in [4.78, 5) is 25.0. The third-order valence-corrected chi connectivity index (χ3v) is 17.3. The van der Waals surface area contributed by atoms with Crippen LogP contribution in [0.1, 0.15) is 90.3 Å². The Labute approximate surface area is 536 Å². The van der Waals surface area contributed by atoms with E-state index in [1.54, 1.807) is 30.5 Å². The molecule has 13 rings (SSSR count). The summed E-state index contributed by atoms with van der Waals surface area (Å²) in [6.45, 7) is 6.27. The first-order chi connectivity index (χ1) is 44.0. The summed E-state index contributed by atoms with van der Waals surface area (Å²) in [5.41, 5.74) is 16.0. The van der Waals surface area contributed by atoms with Crippen molar-refractivity contribution in [1.29, 1.82) is 0 Å². The van der Waals surface area contributed by atoms with E-state index < -0.39 is 11.1 Å². The van der Waals surface area contributed by atoms with Crippen molar-refractivity contribution in [2.75, 3.05) is 7.05 Å². The first kappa shape index (κ1) is 59.8. The zero-order valence-electron chi connectivity index (χ0n) is 50.4. The number of ketones is 1. The topological polar surface area (TPSA) is 81.7 Å². The third kappa shape index (κ3) is 12.1. The Bertz CT molecular complexity index is 4320. The first-order valence-electron chi connectivity index (χ1n) is 30.0. The zero-order chi connectivity index (χ0) is 62.0. The number of aromatic nitrogens is 6. The van der Waals surface area contributed by atoms with Crippen LogP contribution in [0.2, 0.25) is 10.0 Å². The van der Waals surface area contributed by atoms with E-state index in [0.29, 0.717) is 21.2 Å². The van der Waals surface area contributed by atoms with Crippen molar-refractivity contribution < 1.29 is 4.79 Å². The molecule has 440 valence electrons. The second-order valence-electron chi connectivity index (χ2n) is 22.3. The lowest BCUT2D eigenvalue weighted by Gasteiger charge is -2.36. The normalized spacial score (nSPS) is 12.0. The molecule has 9 aromatic carbocycles. The molecular weight excluding hydrogens is 1150 g/mol. The van der Waals surface area contributed by atoms with E-state index in [0.717, 1.165) is 84.0 Å². The van der Waals surface area contributed by atoms with Crippen molar-refractivity contribution in [1.82, 2.24) is 34.4 Å². The van der Waals surface area contributed by atoms with Gasteiger partial charge in [0.15, 0.2) is 5.78 Å². The van der Waals surface area contributed by atoms with Crippen LogP contribution in [0.4, 0.5) is 0 Å². The third-order valence-electron chi connectivity index (χ3n) is 16.8. The fourth-order valence-electron chi connectivity index (χ4n) is 12.0. The number of carbonyl (C=O) groups excluding carboxylic acids is 1. The molecule has 0 fully saturated rings. The molecule has 1 unspecified atom stereocenters. The van der Waals surface area contributed by atoms with Crippen LogP contribution >= 0.6 is 23.2 Å². The molecule has 0 aliphatic heterocycles. The van der Waals surface area contributed by atoms with Gasteiger partial charge in [0.25, 0.3) is 0 Å². The van der Waals surface area contributed by atoms with Gasteiger partial charge in [0.1, 0.15) is 11.1 Å². The van der Waals surface area contributed by atoms with Crippen molar-refractivity contribution >= 4 is 34.6 Å². The van der Waals surface area contributed by atoms with Crippen molar-refractivity contribution in [3.05, 3.63) is 399 Å². The number of hydrogen-bond donors (Lipinski definition) is 0. The summed E-state index contributed by atoms with van der Waals surface area (Å²) in [5, 5.41) is 11.6. The van der Waals surface area contributed by atoms with E-state index in [-0.39, 0.29) is 11.8 Å². The first-order valence-corrected chi connectivity index (χ1v) is 30.7. The van der Waals surface area contributed by atoms with Crippen LogP contribution in [0, 0.1) is 13.8 Å². The van der Waals surface area contributed by atoms with Crippen LogP contribution in [0.15, 0.2) is 316 Å². The summed E-state index contributed by atoms with van der Waals surface area (Å²) in [5.74, 6) is -0.0978. The maximum absolute atomic E-state index is 13.0. The number of hydrogen-bond acceptors (Lipinski definition) is 6.